The summed E-state index contributed by atoms with van der Waals surface area (Å²) in [6.45, 7) is 0. The summed E-state index contributed by atoms with van der Waals surface area (Å²) in [5.74, 6) is 1.32. The van der Waals surface area contributed by atoms with Crippen LogP contribution in [0, 0.1) is 0 Å². The Morgan fingerprint density at radius 2 is 1.70 bits per heavy atom. The number of para-hydroxylation sites is 1. The monoisotopic (exact) mass is 385 g/mol. The molecule has 1 aliphatic heterocycles. The number of methoxy groups -OCH3 is 3. The first-order valence-corrected chi connectivity index (χ1v) is 8.86. The van der Waals surface area contributed by atoms with Gasteiger partial charge in [-0.25, -0.2) is 0 Å². The molecule has 0 radical (unpaired) electrons. The van der Waals surface area contributed by atoms with Crippen molar-refractivity contribution in [3.63, 3.8) is 0 Å². The number of anilines is 1. The van der Waals surface area contributed by atoms with Crippen molar-refractivity contribution in [1.82, 2.24) is 5.32 Å². The minimum atomic E-state index is -0.220. The molecule has 0 bridgehead atoms. The molecule has 0 atom stereocenters. The first-order valence-electron chi connectivity index (χ1n) is 8.04. The molecule has 7 nitrogen and oxygen atoms in total. The van der Waals surface area contributed by atoms with E-state index in [0.29, 0.717) is 27.3 Å². The number of amidine groups is 1. The Kier molecular flexibility index (Phi) is 5.87. The van der Waals surface area contributed by atoms with Crippen LogP contribution >= 0.6 is 11.8 Å². The number of hydrazone groups is 1. The van der Waals surface area contributed by atoms with Crippen LogP contribution in [0.5, 0.6) is 17.2 Å². The number of benzene rings is 2. The standard InChI is InChI=1S/C19H19N3O4S/c1-24-14-9-12(10-15(25-2)17(14)26-3)11-16-18(23)20-19(27-16)22-21-13-7-5-4-6-8-13/h4-11,21H,1-3H3,(H,20,22,23)/b16-11-. The summed E-state index contributed by atoms with van der Waals surface area (Å²) < 4.78 is 16.0. The topological polar surface area (TPSA) is 81.2 Å². The fourth-order valence-corrected chi connectivity index (χ4v) is 3.23. The molecule has 8 heteroatoms. The number of thioether (sulfide) groups is 1. The third-order valence-electron chi connectivity index (χ3n) is 3.70. The second kappa shape index (κ2) is 8.50. The van der Waals surface area contributed by atoms with Crippen LogP contribution in [-0.4, -0.2) is 32.4 Å². The lowest BCUT2D eigenvalue weighted by atomic mass is 10.1. The summed E-state index contributed by atoms with van der Waals surface area (Å²) in [6.07, 6.45) is 1.75. The molecule has 3 rings (SSSR count). The summed E-state index contributed by atoms with van der Waals surface area (Å²) in [4.78, 5) is 12.7. The van der Waals surface area contributed by atoms with E-state index in [2.05, 4.69) is 15.8 Å². The number of rotatable bonds is 6. The van der Waals surface area contributed by atoms with Gasteiger partial charge in [-0.05, 0) is 47.7 Å². The molecule has 2 N–H and O–H groups in total. The zero-order valence-corrected chi connectivity index (χ0v) is 15.9. The van der Waals surface area contributed by atoms with Gasteiger partial charge in [-0.2, -0.15) is 0 Å². The maximum absolute atomic E-state index is 12.2. The van der Waals surface area contributed by atoms with Crippen LogP contribution in [0.1, 0.15) is 5.56 Å². The highest BCUT2D eigenvalue weighted by molar-refractivity contribution is 8.18. The van der Waals surface area contributed by atoms with Crippen molar-refractivity contribution in [2.45, 2.75) is 0 Å². The summed E-state index contributed by atoms with van der Waals surface area (Å²) in [5.41, 5.74) is 4.50. The Morgan fingerprint density at radius 1 is 1.04 bits per heavy atom. The van der Waals surface area contributed by atoms with Crippen molar-refractivity contribution in [3.8, 4) is 17.2 Å². The molecule has 1 saturated heterocycles. The lowest BCUT2D eigenvalue weighted by molar-refractivity contribution is -0.115. The van der Waals surface area contributed by atoms with Crippen molar-refractivity contribution in [1.29, 1.82) is 0 Å². The number of hydrogen-bond acceptors (Lipinski definition) is 7. The Balaban J connectivity index is 1.82. The molecule has 2 aromatic rings. The Labute approximate surface area is 161 Å². The Morgan fingerprint density at radius 3 is 2.30 bits per heavy atom. The van der Waals surface area contributed by atoms with Crippen LogP contribution in [0.3, 0.4) is 0 Å². The maximum Gasteiger partial charge on any atom is 0.264 e. The van der Waals surface area contributed by atoms with E-state index >= 15 is 0 Å². The van der Waals surface area contributed by atoms with Gasteiger partial charge in [0.15, 0.2) is 16.7 Å². The van der Waals surface area contributed by atoms with Gasteiger partial charge in [-0.3, -0.25) is 15.5 Å². The molecule has 0 saturated carbocycles. The van der Waals surface area contributed by atoms with Gasteiger partial charge in [0.05, 0.1) is 31.9 Å². The molecule has 27 heavy (non-hydrogen) atoms. The van der Waals surface area contributed by atoms with Crippen molar-refractivity contribution >= 4 is 34.6 Å². The van der Waals surface area contributed by atoms with Crippen molar-refractivity contribution in [2.75, 3.05) is 26.8 Å². The highest BCUT2D eigenvalue weighted by Crippen LogP contribution is 2.39. The lowest BCUT2D eigenvalue weighted by Gasteiger charge is -2.12. The number of hydrogen-bond donors (Lipinski definition) is 2. The van der Waals surface area contributed by atoms with E-state index in [1.165, 1.54) is 11.8 Å². The number of carbonyl (C=O) groups excluding carboxylic acids is 1. The van der Waals surface area contributed by atoms with Crippen molar-refractivity contribution < 1.29 is 19.0 Å². The second-order valence-electron chi connectivity index (χ2n) is 5.42. The first-order chi connectivity index (χ1) is 13.1. The lowest BCUT2D eigenvalue weighted by Crippen LogP contribution is -2.20. The summed E-state index contributed by atoms with van der Waals surface area (Å²) in [7, 11) is 4.64. The molecular weight excluding hydrogens is 366 g/mol. The smallest absolute Gasteiger partial charge is 0.264 e. The highest BCUT2D eigenvalue weighted by atomic mass is 32.2. The molecule has 0 aliphatic carbocycles. The zero-order chi connectivity index (χ0) is 19.2. The molecule has 1 heterocycles. The molecule has 0 aromatic heterocycles. The second-order valence-corrected chi connectivity index (χ2v) is 6.45. The van der Waals surface area contributed by atoms with E-state index in [-0.39, 0.29) is 5.91 Å². The SMILES string of the molecule is COc1cc(/C=C2\S/C(=N\Nc3ccccc3)NC2=O)cc(OC)c1OC. The van der Waals surface area contributed by atoms with Crippen LogP contribution in [0.4, 0.5) is 5.69 Å². The number of nitrogens with one attached hydrogen (secondary N) is 2. The van der Waals surface area contributed by atoms with E-state index in [9.17, 15) is 4.79 Å². The number of carbonyl (C=O) groups is 1. The summed E-state index contributed by atoms with van der Waals surface area (Å²) >= 11 is 1.24. The minimum absolute atomic E-state index is 0.220. The highest BCUT2D eigenvalue weighted by Gasteiger charge is 2.24. The minimum Gasteiger partial charge on any atom is -0.493 e. The zero-order valence-electron chi connectivity index (χ0n) is 15.1. The average Bonchev–Trinajstić information content (AvgIpc) is 3.05. The van der Waals surface area contributed by atoms with Gasteiger partial charge < -0.3 is 14.2 Å². The van der Waals surface area contributed by atoms with Gasteiger partial charge in [0, 0.05) is 0 Å². The van der Waals surface area contributed by atoms with E-state index in [1.54, 1.807) is 39.5 Å². The number of ether oxygens (including phenoxy) is 3. The van der Waals surface area contributed by atoms with Gasteiger partial charge in [-0.15, -0.1) is 5.10 Å². The van der Waals surface area contributed by atoms with E-state index in [1.807, 2.05) is 30.3 Å². The predicted octanol–water partition coefficient (Wildman–Crippen LogP) is 3.30. The molecule has 1 aliphatic rings. The predicted molar refractivity (Wildman–Crippen MR) is 107 cm³/mol. The Bertz CT molecular complexity index is 872. The molecule has 2 aromatic carbocycles. The average molecular weight is 385 g/mol. The number of nitrogens with zero attached hydrogens (tertiary/aromatic N) is 1. The molecule has 1 amide bonds. The van der Waals surface area contributed by atoms with E-state index < -0.39 is 0 Å². The third-order valence-corrected chi connectivity index (χ3v) is 4.61. The van der Waals surface area contributed by atoms with Gasteiger partial charge in [0.1, 0.15) is 0 Å². The fourth-order valence-electron chi connectivity index (χ4n) is 2.44. The molecular formula is C19H19N3O4S. The van der Waals surface area contributed by atoms with Gasteiger partial charge in [0.2, 0.25) is 5.75 Å². The van der Waals surface area contributed by atoms with Crippen LogP contribution in [0.2, 0.25) is 0 Å². The van der Waals surface area contributed by atoms with Crippen LogP contribution in [0.25, 0.3) is 6.08 Å². The first kappa shape index (κ1) is 18.7. The van der Waals surface area contributed by atoms with Crippen molar-refractivity contribution in [2.24, 2.45) is 5.10 Å². The van der Waals surface area contributed by atoms with Crippen LogP contribution in [0.15, 0.2) is 52.5 Å². The van der Waals surface area contributed by atoms with E-state index in [0.717, 1.165) is 11.3 Å². The van der Waals surface area contributed by atoms with Gasteiger partial charge in [-0.1, -0.05) is 18.2 Å². The molecule has 140 valence electrons. The maximum atomic E-state index is 12.2. The quantitative estimate of drug-likeness (QED) is 0.587. The largest absolute Gasteiger partial charge is 0.493 e. The summed E-state index contributed by atoms with van der Waals surface area (Å²) in [5, 5.41) is 7.42. The third kappa shape index (κ3) is 4.35. The van der Waals surface area contributed by atoms with E-state index in [4.69, 9.17) is 14.2 Å². The molecule has 0 spiro atoms. The normalized spacial score (nSPS) is 16.3. The summed E-state index contributed by atoms with van der Waals surface area (Å²) in [6, 6.07) is 13.1. The molecule has 1 fully saturated rings. The van der Waals surface area contributed by atoms with Crippen LogP contribution < -0.4 is 25.0 Å². The van der Waals surface area contributed by atoms with Gasteiger partial charge >= 0.3 is 0 Å². The fraction of sp³-hybridized carbons (Fsp3) is 0.158. The number of amides is 1. The van der Waals surface area contributed by atoms with Crippen molar-refractivity contribution in [3.05, 3.63) is 52.9 Å². The van der Waals surface area contributed by atoms with Crippen LogP contribution in [-0.2, 0) is 4.79 Å². The molecule has 0 unspecified atom stereocenters. The van der Waals surface area contributed by atoms with Gasteiger partial charge in [0.25, 0.3) is 5.91 Å². The Hall–Kier alpha value is -3.13.